The maximum Gasteiger partial charge on any atom is 0.325 e. The van der Waals surface area contributed by atoms with Crippen molar-refractivity contribution in [1.29, 1.82) is 0 Å². The lowest BCUT2D eigenvalue weighted by Gasteiger charge is -2.26. The Labute approximate surface area is 72.1 Å². The van der Waals surface area contributed by atoms with E-state index in [4.69, 9.17) is 5.73 Å². The molecule has 2 N–H and O–H groups in total. The second-order valence-electron chi connectivity index (χ2n) is 3.82. The molecule has 0 aromatic heterocycles. The first-order chi connectivity index (χ1) is 5.30. The van der Waals surface area contributed by atoms with Crippen LogP contribution < -0.4 is 5.73 Å². The van der Waals surface area contributed by atoms with Gasteiger partial charge in [0, 0.05) is 0 Å². The Hall–Kier alpha value is -0.640. The number of nitrogens with two attached hydrogens (primary N) is 1. The Bertz CT molecular complexity index is 165. The fraction of sp³-hybridized carbons (Fsp3) is 0.875. The molecule has 0 aliphatic heterocycles. The molecule has 0 aromatic rings. The van der Waals surface area contributed by atoms with Gasteiger partial charge in [0.1, 0.15) is 12.2 Å². The van der Waals surface area contributed by atoms with Gasteiger partial charge in [0.2, 0.25) is 0 Å². The third kappa shape index (κ3) is 2.77. The molecule has 0 rings (SSSR count). The Kier molecular flexibility index (Phi) is 3.64. The molecule has 0 amide bonds. The van der Waals surface area contributed by atoms with Crippen LogP contribution in [0.4, 0.5) is 4.39 Å². The van der Waals surface area contributed by atoms with Crippen molar-refractivity contribution >= 4 is 5.97 Å². The molecule has 0 fully saturated rings. The van der Waals surface area contributed by atoms with Gasteiger partial charge in [0.25, 0.3) is 0 Å². The first-order valence-corrected chi connectivity index (χ1v) is 3.78. The van der Waals surface area contributed by atoms with Gasteiger partial charge in [-0.25, -0.2) is 4.39 Å². The third-order valence-electron chi connectivity index (χ3n) is 1.62. The Morgan fingerprint density at radius 1 is 1.50 bits per heavy atom. The predicted molar refractivity (Wildman–Crippen MR) is 44.3 cm³/mol. The minimum atomic E-state index is -1.38. The second kappa shape index (κ2) is 3.85. The maximum absolute atomic E-state index is 13.3. The van der Waals surface area contributed by atoms with E-state index in [0.717, 1.165) is 0 Å². The van der Waals surface area contributed by atoms with Gasteiger partial charge in [-0.3, -0.25) is 4.79 Å². The topological polar surface area (TPSA) is 52.3 Å². The number of carbonyl (C=O) groups is 1. The van der Waals surface area contributed by atoms with Crippen LogP contribution in [0.25, 0.3) is 0 Å². The van der Waals surface area contributed by atoms with Gasteiger partial charge in [0.15, 0.2) is 0 Å². The van der Waals surface area contributed by atoms with E-state index in [1.54, 1.807) is 20.8 Å². The molecule has 2 atom stereocenters. The van der Waals surface area contributed by atoms with E-state index < -0.39 is 23.6 Å². The van der Waals surface area contributed by atoms with E-state index in [-0.39, 0.29) is 0 Å². The molecule has 0 aliphatic carbocycles. The zero-order chi connectivity index (χ0) is 9.94. The van der Waals surface area contributed by atoms with Gasteiger partial charge in [-0.05, 0) is 5.41 Å². The van der Waals surface area contributed by atoms with Crippen molar-refractivity contribution in [2.45, 2.75) is 33.0 Å². The number of hydrogen-bond donors (Lipinski definition) is 1. The summed E-state index contributed by atoms with van der Waals surface area (Å²) in [4.78, 5) is 10.8. The fourth-order valence-corrected chi connectivity index (χ4v) is 0.794. The van der Waals surface area contributed by atoms with E-state index in [1.165, 1.54) is 7.11 Å². The summed E-state index contributed by atoms with van der Waals surface area (Å²) in [6.45, 7) is 5.04. The van der Waals surface area contributed by atoms with Crippen molar-refractivity contribution in [1.82, 2.24) is 0 Å². The summed E-state index contributed by atoms with van der Waals surface area (Å²) in [5.41, 5.74) is 4.68. The average molecular weight is 177 g/mol. The number of halogens is 1. The highest BCUT2D eigenvalue weighted by molar-refractivity contribution is 5.76. The van der Waals surface area contributed by atoms with Crippen molar-refractivity contribution < 1.29 is 13.9 Å². The third-order valence-corrected chi connectivity index (χ3v) is 1.62. The Morgan fingerprint density at radius 3 is 2.17 bits per heavy atom. The van der Waals surface area contributed by atoms with E-state index in [0.29, 0.717) is 0 Å². The predicted octanol–water partition coefficient (Wildman–Crippen LogP) is 0.871. The molecule has 0 spiro atoms. The molecule has 0 heterocycles. The molecular formula is C8H16FNO2. The molecule has 0 saturated heterocycles. The van der Waals surface area contributed by atoms with Crippen molar-refractivity contribution in [2.24, 2.45) is 11.1 Å². The molecule has 0 aromatic carbocycles. The highest BCUT2D eigenvalue weighted by Crippen LogP contribution is 2.24. The molecule has 4 heteroatoms. The number of alkyl halides is 1. The number of carbonyl (C=O) groups excluding carboxylic acids is 1. The van der Waals surface area contributed by atoms with Crippen LogP contribution in [0.15, 0.2) is 0 Å². The molecule has 72 valence electrons. The van der Waals surface area contributed by atoms with E-state index in [2.05, 4.69) is 4.74 Å². The van der Waals surface area contributed by atoms with Crippen LogP contribution in [0.3, 0.4) is 0 Å². The van der Waals surface area contributed by atoms with Gasteiger partial charge in [-0.15, -0.1) is 0 Å². The smallest absolute Gasteiger partial charge is 0.325 e. The van der Waals surface area contributed by atoms with Gasteiger partial charge >= 0.3 is 5.97 Å². The fourth-order valence-electron chi connectivity index (χ4n) is 0.794. The molecule has 2 unspecified atom stereocenters. The summed E-state index contributed by atoms with van der Waals surface area (Å²) >= 11 is 0. The lowest BCUT2D eigenvalue weighted by molar-refractivity contribution is -0.145. The molecule has 0 aliphatic rings. The van der Waals surface area contributed by atoms with Gasteiger partial charge in [0.05, 0.1) is 7.11 Å². The molecule has 12 heavy (non-hydrogen) atoms. The summed E-state index contributed by atoms with van der Waals surface area (Å²) in [7, 11) is 1.19. The minimum Gasteiger partial charge on any atom is -0.468 e. The standard InChI is InChI=1S/C8H16FNO2/c1-8(2,3)6(9)5(10)7(11)12-4/h5-6H,10H2,1-4H3. The first kappa shape index (κ1) is 11.4. The van der Waals surface area contributed by atoms with Crippen LogP contribution in [0.5, 0.6) is 0 Å². The number of esters is 1. The lowest BCUT2D eigenvalue weighted by atomic mass is 9.86. The van der Waals surface area contributed by atoms with Crippen LogP contribution in [-0.4, -0.2) is 25.3 Å². The minimum absolute atomic E-state index is 0.631. The van der Waals surface area contributed by atoms with Crippen LogP contribution in [0.2, 0.25) is 0 Å². The molecular weight excluding hydrogens is 161 g/mol. The summed E-state index contributed by atoms with van der Waals surface area (Å²) in [6.07, 6.45) is -1.38. The summed E-state index contributed by atoms with van der Waals surface area (Å²) < 4.78 is 17.6. The van der Waals surface area contributed by atoms with Crippen LogP contribution in [0, 0.1) is 5.41 Å². The maximum atomic E-state index is 13.3. The highest BCUT2D eigenvalue weighted by Gasteiger charge is 2.34. The van der Waals surface area contributed by atoms with Crippen LogP contribution >= 0.6 is 0 Å². The molecule has 0 radical (unpaired) electrons. The Morgan fingerprint density at radius 2 is 1.92 bits per heavy atom. The largest absolute Gasteiger partial charge is 0.468 e. The monoisotopic (exact) mass is 177 g/mol. The average Bonchev–Trinajstić information content (AvgIpc) is 1.98. The Balaban J connectivity index is 4.29. The number of methoxy groups -OCH3 is 1. The summed E-state index contributed by atoms with van der Waals surface area (Å²) in [5.74, 6) is -0.711. The van der Waals surface area contributed by atoms with Gasteiger partial charge in [-0.2, -0.15) is 0 Å². The van der Waals surface area contributed by atoms with Gasteiger partial charge < -0.3 is 10.5 Å². The summed E-state index contributed by atoms with van der Waals surface area (Å²) in [5, 5.41) is 0. The normalized spacial score (nSPS) is 16.8. The van der Waals surface area contributed by atoms with Crippen LogP contribution in [-0.2, 0) is 9.53 Å². The highest BCUT2D eigenvalue weighted by atomic mass is 19.1. The molecule has 3 nitrogen and oxygen atoms in total. The van der Waals surface area contributed by atoms with Crippen molar-refractivity contribution in [3.05, 3.63) is 0 Å². The zero-order valence-corrected chi connectivity index (χ0v) is 7.93. The quantitative estimate of drug-likeness (QED) is 0.637. The summed E-state index contributed by atoms with van der Waals surface area (Å²) in [6, 6.07) is -1.19. The van der Waals surface area contributed by atoms with Crippen molar-refractivity contribution in [3.8, 4) is 0 Å². The lowest BCUT2D eigenvalue weighted by Crippen LogP contribution is -2.46. The number of ether oxygens (including phenoxy) is 1. The first-order valence-electron chi connectivity index (χ1n) is 3.78. The van der Waals surface area contributed by atoms with Crippen molar-refractivity contribution in [3.63, 3.8) is 0 Å². The van der Waals surface area contributed by atoms with Crippen LogP contribution in [0.1, 0.15) is 20.8 Å². The second-order valence-corrected chi connectivity index (χ2v) is 3.82. The number of rotatable bonds is 2. The SMILES string of the molecule is COC(=O)C(N)C(F)C(C)(C)C. The molecule has 0 bridgehead atoms. The zero-order valence-electron chi connectivity index (χ0n) is 7.93. The van der Waals surface area contributed by atoms with Crippen molar-refractivity contribution in [2.75, 3.05) is 7.11 Å². The van der Waals surface area contributed by atoms with E-state index in [1.807, 2.05) is 0 Å². The number of hydrogen-bond acceptors (Lipinski definition) is 3. The van der Waals surface area contributed by atoms with E-state index >= 15 is 0 Å². The van der Waals surface area contributed by atoms with E-state index in [9.17, 15) is 9.18 Å². The molecule has 0 saturated carbocycles. The van der Waals surface area contributed by atoms with Gasteiger partial charge in [-0.1, -0.05) is 20.8 Å².